The van der Waals surface area contributed by atoms with Crippen LogP contribution in [0, 0.1) is 12.7 Å². The Morgan fingerprint density at radius 3 is 2.54 bits per heavy atom. The van der Waals surface area contributed by atoms with Crippen LogP contribution in [-0.4, -0.2) is 49.4 Å². The summed E-state index contributed by atoms with van der Waals surface area (Å²) in [4.78, 5) is 30.1. The van der Waals surface area contributed by atoms with E-state index < -0.39 is 0 Å². The highest BCUT2D eigenvalue weighted by molar-refractivity contribution is 7.14. The molecule has 1 aromatic heterocycles. The molecule has 2 aromatic rings. The maximum absolute atomic E-state index is 12.9. The highest BCUT2D eigenvalue weighted by Crippen LogP contribution is 2.24. The fourth-order valence-electron chi connectivity index (χ4n) is 3.47. The van der Waals surface area contributed by atoms with Gasteiger partial charge in [-0.05, 0) is 49.2 Å². The molecule has 1 saturated heterocycles. The van der Waals surface area contributed by atoms with Crippen molar-refractivity contribution in [2.75, 3.05) is 38.0 Å². The Balaban J connectivity index is 1.48. The molecule has 2 amide bonds. The summed E-state index contributed by atoms with van der Waals surface area (Å²) in [6, 6.07) is 7.79. The second-order valence-corrected chi connectivity index (χ2v) is 8.47. The number of anilines is 1. The first-order valence-corrected chi connectivity index (χ1v) is 10.6. The van der Waals surface area contributed by atoms with Crippen LogP contribution in [0.15, 0.2) is 30.3 Å². The van der Waals surface area contributed by atoms with Crippen molar-refractivity contribution in [3.05, 3.63) is 51.5 Å². The van der Waals surface area contributed by atoms with E-state index in [1.165, 1.54) is 22.6 Å². The van der Waals surface area contributed by atoms with Gasteiger partial charge in [-0.15, -0.1) is 11.3 Å². The number of hydrogen-bond donors (Lipinski definition) is 2. The number of piperazine rings is 1. The van der Waals surface area contributed by atoms with Gasteiger partial charge in [-0.25, -0.2) is 4.39 Å². The van der Waals surface area contributed by atoms with Crippen LogP contribution in [0.1, 0.15) is 33.5 Å². The number of carbonyl (C=O) groups excluding carboxylic acids is 2. The molecule has 0 atom stereocenters. The average Bonchev–Trinajstić information content (AvgIpc) is 3.04. The predicted molar refractivity (Wildman–Crippen MR) is 110 cm³/mol. The SMILES string of the molecule is CCCc1cc(C(=O)N2CC[NH+](CC(=O)Nc3ccc(F)cc3)CC2)sc1C. The van der Waals surface area contributed by atoms with Gasteiger partial charge in [0.05, 0.1) is 31.1 Å². The van der Waals surface area contributed by atoms with E-state index in [9.17, 15) is 14.0 Å². The number of benzene rings is 1. The predicted octanol–water partition coefficient (Wildman–Crippen LogP) is 2.13. The fraction of sp³-hybridized carbons (Fsp3) is 0.429. The maximum atomic E-state index is 12.9. The van der Waals surface area contributed by atoms with E-state index in [4.69, 9.17) is 0 Å². The molecule has 3 rings (SSSR count). The molecule has 1 aliphatic heterocycles. The Hall–Kier alpha value is -2.25. The Morgan fingerprint density at radius 2 is 1.89 bits per heavy atom. The number of nitrogens with zero attached hydrogens (tertiary/aromatic N) is 1. The zero-order chi connectivity index (χ0) is 20.1. The molecule has 2 N–H and O–H groups in total. The topological polar surface area (TPSA) is 53.9 Å². The number of halogens is 1. The van der Waals surface area contributed by atoms with Gasteiger partial charge in [-0.1, -0.05) is 13.3 Å². The lowest BCUT2D eigenvalue weighted by molar-refractivity contribution is -0.895. The van der Waals surface area contributed by atoms with E-state index in [2.05, 4.69) is 19.2 Å². The molecular weight excluding hydrogens is 377 g/mol. The van der Waals surface area contributed by atoms with Gasteiger partial charge in [0.1, 0.15) is 5.82 Å². The summed E-state index contributed by atoms with van der Waals surface area (Å²) in [5, 5.41) is 2.79. The summed E-state index contributed by atoms with van der Waals surface area (Å²) < 4.78 is 12.9. The van der Waals surface area contributed by atoms with E-state index >= 15 is 0 Å². The minimum Gasteiger partial charge on any atom is -0.327 e. The number of rotatable bonds is 6. The molecule has 1 fully saturated rings. The van der Waals surface area contributed by atoms with Crippen LogP contribution >= 0.6 is 11.3 Å². The van der Waals surface area contributed by atoms with E-state index in [0.29, 0.717) is 25.3 Å². The van der Waals surface area contributed by atoms with Gasteiger partial charge in [0.15, 0.2) is 6.54 Å². The Labute approximate surface area is 169 Å². The van der Waals surface area contributed by atoms with Crippen LogP contribution in [0.5, 0.6) is 0 Å². The quantitative estimate of drug-likeness (QED) is 0.775. The summed E-state index contributed by atoms with van der Waals surface area (Å²) in [7, 11) is 0. The molecule has 0 aliphatic carbocycles. The number of quaternary nitrogens is 1. The van der Waals surface area contributed by atoms with Crippen LogP contribution in [-0.2, 0) is 11.2 Å². The zero-order valence-electron chi connectivity index (χ0n) is 16.4. The van der Waals surface area contributed by atoms with Crippen molar-refractivity contribution in [1.82, 2.24) is 4.90 Å². The standard InChI is InChI=1S/C21H26FN3O2S/c1-3-4-16-13-19(28-15(16)2)21(27)25-11-9-24(10-12-25)14-20(26)23-18-7-5-17(22)6-8-18/h5-8,13H,3-4,9-12,14H2,1-2H3,(H,23,26)/p+1. The second kappa shape index (κ2) is 9.30. The van der Waals surface area contributed by atoms with Gasteiger partial charge in [-0.2, -0.15) is 0 Å². The minimum atomic E-state index is -0.327. The van der Waals surface area contributed by atoms with E-state index in [0.717, 1.165) is 35.7 Å². The first-order valence-electron chi connectivity index (χ1n) is 9.74. The number of thiophene rings is 1. The molecular formula is C21H27FN3O2S+. The van der Waals surface area contributed by atoms with Gasteiger partial charge in [-0.3, -0.25) is 9.59 Å². The molecule has 28 heavy (non-hydrogen) atoms. The third kappa shape index (κ3) is 5.17. The van der Waals surface area contributed by atoms with Crippen molar-refractivity contribution in [3.8, 4) is 0 Å². The van der Waals surface area contributed by atoms with Crippen LogP contribution in [0.3, 0.4) is 0 Å². The summed E-state index contributed by atoms with van der Waals surface area (Å²) in [5.74, 6) is -0.322. The van der Waals surface area contributed by atoms with Crippen LogP contribution in [0.4, 0.5) is 10.1 Å². The Morgan fingerprint density at radius 1 is 1.21 bits per heavy atom. The molecule has 7 heteroatoms. The normalized spacial score (nSPS) is 14.9. The van der Waals surface area contributed by atoms with Crippen molar-refractivity contribution in [2.24, 2.45) is 0 Å². The lowest BCUT2D eigenvalue weighted by atomic mass is 10.1. The number of amides is 2. The number of aryl methyl sites for hydroxylation is 2. The molecule has 0 saturated carbocycles. The van der Waals surface area contributed by atoms with E-state index in [1.54, 1.807) is 23.5 Å². The van der Waals surface area contributed by atoms with Gasteiger partial charge in [0, 0.05) is 10.6 Å². The van der Waals surface area contributed by atoms with Crippen LogP contribution in [0.2, 0.25) is 0 Å². The zero-order valence-corrected chi connectivity index (χ0v) is 17.2. The number of carbonyl (C=O) groups is 2. The first kappa shape index (κ1) is 20.5. The van der Waals surface area contributed by atoms with Gasteiger partial charge in [0.25, 0.3) is 11.8 Å². The van der Waals surface area contributed by atoms with Gasteiger partial charge in [0.2, 0.25) is 0 Å². The first-order chi connectivity index (χ1) is 13.5. The molecule has 0 spiro atoms. The fourth-order valence-corrected chi connectivity index (χ4v) is 4.51. The van der Waals surface area contributed by atoms with E-state index in [1.807, 2.05) is 11.0 Å². The highest BCUT2D eigenvalue weighted by atomic mass is 32.1. The number of hydrogen-bond acceptors (Lipinski definition) is 3. The highest BCUT2D eigenvalue weighted by Gasteiger charge is 2.27. The summed E-state index contributed by atoms with van der Waals surface area (Å²) in [6.45, 7) is 7.36. The Bertz CT molecular complexity index is 827. The minimum absolute atomic E-state index is 0.0977. The molecule has 0 radical (unpaired) electrons. The van der Waals surface area contributed by atoms with E-state index in [-0.39, 0.29) is 17.6 Å². The molecule has 150 valence electrons. The van der Waals surface area contributed by atoms with Crippen molar-refractivity contribution >= 4 is 28.8 Å². The van der Waals surface area contributed by atoms with Crippen LogP contribution in [0.25, 0.3) is 0 Å². The second-order valence-electron chi connectivity index (χ2n) is 7.22. The lowest BCUT2D eigenvalue weighted by Crippen LogP contribution is -3.15. The van der Waals surface area contributed by atoms with Crippen molar-refractivity contribution < 1.29 is 18.9 Å². The summed E-state index contributed by atoms with van der Waals surface area (Å²) in [6.07, 6.45) is 2.09. The molecule has 0 unspecified atom stereocenters. The summed E-state index contributed by atoms with van der Waals surface area (Å²) in [5.41, 5.74) is 1.87. The molecule has 2 heterocycles. The lowest BCUT2D eigenvalue weighted by Gasteiger charge is -2.31. The van der Waals surface area contributed by atoms with Crippen molar-refractivity contribution in [3.63, 3.8) is 0 Å². The molecule has 5 nitrogen and oxygen atoms in total. The molecule has 0 bridgehead atoms. The smallest absolute Gasteiger partial charge is 0.279 e. The summed E-state index contributed by atoms with van der Waals surface area (Å²) >= 11 is 1.58. The molecule has 1 aliphatic rings. The third-order valence-corrected chi connectivity index (χ3v) is 6.13. The molecule has 1 aromatic carbocycles. The van der Waals surface area contributed by atoms with Gasteiger partial charge < -0.3 is 15.1 Å². The average molecular weight is 405 g/mol. The van der Waals surface area contributed by atoms with Crippen molar-refractivity contribution in [1.29, 1.82) is 0 Å². The Kier molecular flexibility index (Phi) is 6.80. The van der Waals surface area contributed by atoms with Crippen molar-refractivity contribution in [2.45, 2.75) is 26.7 Å². The largest absolute Gasteiger partial charge is 0.327 e. The van der Waals surface area contributed by atoms with Crippen LogP contribution < -0.4 is 10.2 Å². The number of nitrogens with one attached hydrogen (secondary N) is 2. The maximum Gasteiger partial charge on any atom is 0.279 e. The third-order valence-electron chi connectivity index (χ3n) is 5.05. The monoisotopic (exact) mass is 404 g/mol. The van der Waals surface area contributed by atoms with Gasteiger partial charge >= 0.3 is 0 Å².